The molecule has 1 saturated carbocycles. The standard InChI is InChI=1S/C22H27ClN2O4S/c1-25-22(21(15-28-25)30(26,27)24-18-7-3-2-4-8-18)16-6-5-9-20(14-16)29-19-12-10-17(23)11-13-19/h5-6,9-14,18,21-22,24H,2-4,7-8,15H2,1H3/t21-,22-/m0/s1. The van der Waals surface area contributed by atoms with Crippen LogP contribution in [0.5, 0.6) is 11.5 Å². The minimum absolute atomic E-state index is 0.0230. The second kappa shape index (κ2) is 9.24. The predicted octanol–water partition coefficient (Wildman–Crippen LogP) is 4.67. The van der Waals surface area contributed by atoms with Gasteiger partial charge in [-0.25, -0.2) is 13.1 Å². The second-order valence-electron chi connectivity index (χ2n) is 7.95. The molecule has 1 N–H and O–H groups in total. The van der Waals surface area contributed by atoms with Crippen LogP contribution in [0.4, 0.5) is 0 Å². The maximum atomic E-state index is 13.2. The fourth-order valence-corrected chi connectivity index (χ4v) is 6.13. The molecule has 0 radical (unpaired) electrons. The number of hydroxylamine groups is 2. The molecule has 2 aliphatic rings. The number of hydrogen-bond donors (Lipinski definition) is 1. The third kappa shape index (κ3) is 4.98. The number of nitrogens with zero attached hydrogens (tertiary/aromatic N) is 1. The summed E-state index contributed by atoms with van der Waals surface area (Å²) < 4.78 is 35.2. The van der Waals surface area contributed by atoms with Crippen molar-refractivity contribution in [2.45, 2.75) is 49.4 Å². The highest BCUT2D eigenvalue weighted by atomic mass is 35.5. The lowest BCUT2D eigenvalue weighted by atomic mass is 9.96. The SMILES string of the molecule is CN1OC[C@H](S(=O)(=O)NC2CCCCC2)[C@@H]1c1cccc(Oc2ccc(Cl)cc2)c1. The van der Waals surface area contributed by atoms with Crippen molar-refractivity contribution in [3.63, 3.8) is 0 Å². The minimum atomic E-state index is -3.54. The Kier molecular flexibility index (Phi) is 6.65. The fraction of sp³-hybridized carbons (Fsp3) is 0.455. The Morgan fingerprint density at radius 2 is 1.80 bits per heavy atom. The van der Waals surface area contributed by atoms with Gasteiger partial charge in [-0.2, -0.15) is 5.06 Å². The molecule has 0 bridgehead atoms. The van der Waals surface area contributed by atoms with Crippen LogP contribution in [0.25, 0.3) is 0 Å². The molecular formula is C22H27ClN2O4S. The molecule has 1 aliphatic heterocycles. The van der Waals surface area contributed by atoms with Gasteiger partial charge < -0.3 is 4.74 Å². The summed E-state index contributed by atoms with van der Waals surface area (Å²) >= 11 is 5.93. The van der Waals surface area contributed by atoms with E-state index in [1.165, 1.54) is 6.42 Å². The van der Waals surface area contributed by atoms with E-state index in [9.17, 15) is 8.42 Å². The topological polar surface area (TPSA) is 67.9 Å². The number of halogens is 1. The molecule has 1 saturated heterocycles. The van der Waals surface area contributed by atoms with Gasteiger partial charge in [-0.3, -0.25) is 4.84 Å². The molecule has 1 aliphatic carbocycles. The quantitative estimate of drug-likeness (QED) is 0.692. The smallest absolute Gasteiger partial charge is 0.219 e. The van der Waals surface area contributed by atoms with Gasteiger partial charge in [-0.1, -0.05) is 43.0 Å². The maximum absolute atomic E-state index is 13.2. The Morgan fingerprint density at radius 1 is 1.07 bits per heavy atom. The lowest BCUT2D eigenvalue weighted by Crippen LogP contribution is -2.44. The zero-order valence-electron chi connectivity index (χ0n) is 17.0. The number of hydrogen-bond acceptors (Lipinski definition) is 5. The molecule has 6 nitrogen and oxygen atoms in total. The third-order valence-electron chi connectivity index (χ3n) is 5.77. The van der Waals surface area contributed by atoms with Gasteiger partial charge in [0.2, 0.25) is 10.0 Å². The number of benzene rings is 2. The molecule has 0 unspecified atom stereocenters. The average Bonchev–Trinajstić information content (AvgIpc) is 3.13. The highest BCUT2D eigenvalue weighted by Crippen LogP contribution is 2.36. The van der Waals surface area contributed by atoms with Crippen LogP contribution in [-0.4, -0.2) is 38.4 Å². The van der Waals surface area contributed by atoms with E-state index in [-0.39, 0.29) is 12.6 Å². The molecule has 0 spiro atoms. The Morgan fingerprint density at radius 3 is 2.53 bits per heavy atom. The molecule has 8 heteroatoms. The van der Waals surface area contributed by atoms with Gasteiger partial charge in [0.1, 0.15) is 16.7 Å². The molecular weight excluding hydrogens is 424 g/mol. The first-order chi connectivity index (χ1) is 14.4. The summed E-state index contributed by atoms with van der Waals surface area (Å²) in [5.41, 5.74) is 0.834. The molecule has 2 atom stereocenters. The van der Waals surface area contributed by atoms with E-state index in [4.69, 9.17) is 21.2 Å². The number of sulfonamides is 1. The van der Waals surface area contributed by atoms with Gasteiger partial charge >= 0.3 is 0 Å². The molecule has 2 aromatic carbocycles. The summed E-state index contributed by atoms with van der Waals surface area (Å²) in [6, 6.07) is 14.2. The van der Waals surface area contributed by atoms with E-state index < -0.39 is 21.3 Å². The summed E-state index contributed by atoms with van der Waals surface area (Å²) in [6.45, 7) is 0.130. The molecule has 2 fully saturated rings. The van der Waals surface area contributed by atoms with Crippen molar-refractivity contribution in [2.24, 2.45) is 0 Å². The van der Waals surface area contributed by atoms with E-state index in [0.29, 0.717) is 16.5 Å². The molecule has 1 heterocycles. The van der Waals surface area contributed by atoms with E-state index >= 15 is 0 Å². The minimum Gasteiger partial charge on any atom is -0.457 e. The maximum Gasteiger partial charge on any atom is 0.219 e. The van der Waals surface area contributed by atoms with Gasteiger partial charge in [0.05, 0.1) is 12.6 Å². The van der Waals surface area contributed by atoms with Crippen molar-refractivity contribution in [2.75, 3.05) is 13.7 Å². The van der Waals surface area contributed by atoms with Crippen LogP contribution in [-0.2, 0) is 14.9 Å². The van der Waals surface area contributed by atoms with Crippen molar-refractivity contribution in [1.82, 2.24) is 9.79 Å². The van der Waals surface area contributed by atoms with Crippen molar-refractivity contribution in [1.29, 1.82) is 0 Å². The van der Waals surface area contributed by atoms with Crippen molar-refractivity contribution < 1.29 is 18.0 Å². The van der Waals surface area contributed by atoms with Crippen molar-refractivity contribution >= 4 is 21.6 Å². The highest BCUT2D eigenvalue weighted by molar-refractivity contribution is 7.90. The lowest BCUT2D eigenvalue weighted by Gasteiger charge is -2.27. The Labute approximate surface area is 183 Å². The van der Waals surface area contributed by atoms with Crippen LogP contribution in [0.1, 0.15) is 43.7 Å². The van der Waals surface area contributed by atoms with Crippen molar-refractivity contribution in [3.8, 4) is 11.5 Å². The Balaban J connectivity index is 1.54. The van der Waals surface area contributed by atoms with Crippen LogP contribution in [0.2, 0.25) is 5.02 Å². The van der Waals surface area contributed by atoms with Crippen LogP contribution in [0.3, 0.4) is 0 Å². The zero-order chi connectivity index (χ0) is 21.1. The van der Waals surface area contributed by atoms with Gasteiger partial charge in [0.25, 0.3) is 0 Å². The molecule has 30 heavy (non-hydrogen) atoms. The van der Waals surface area contributed by atoms with Gasteiger partial charge in [-0.15, -0.1) is 0 Å². The van der Waals surface area contributed by atoms with E-state index in [2.05, 4.69) is 4.72 Å². The summed E-state index contributed by atoms with van der Waals surface area (Å²) in [7, 11) is -1.77. The number of rotatable bonds is 6. The second-order valence-corrected chi connectivity index (χ2v) is 10.3. The number of ether oxygens (including phenoxy) is 1. The van der Waals surface area contributed by atoms with E-state index in [0.717, 1.165) is 31.2 Å². The van der Waals surface area contributed by atoms with Gasteiger partial charge in [-0.05, 0) is 54.8 Å². The molecule has 0 aromatic heterocycles. The van der Waals surface area contributed by atoms with Crippen LogP contribution in [0.15, 0.2) is 48.5 Å². The van der Waals surface area contributed by atoms with Crippen LogP contribution >= 0.6 is 11.6 Å². The van der Waals surface area contributed by atoms with Gasteiger partial charge in [0.15, 0.2) is 0 Å². The Hall–Kier alpha value is -1.64. The lowest BCUT2D eigenvalue weighted by molar-refractivity contribution is -0.110. The summed E-state index contributed by atoms with van der Waals surface area (Å²) in [5.74, 6) is 1.29. The zero-order valence-corrected chi connectivity index (χ0v) is 18.5. The molecule has 2 aromatic rings. The first-order valence-corrected chi connectivity index (χ1v) is 12.2. The average molecular weight is 451 g/mol. The third-order valence-corrected chi connectivity index (χ3v) is 7.87. The summed E-state index contributed by atoms with van der Waals surface area (Å²) in [5, 5.41) is 1.58. The van der Waals surface area contributed by atoms with Crippen molar-refractivity contribution in [3.05, 3.63) is 59.1 Å². The summed E-state index contributed by atoms with van der Waals surface area (Å²) in [4.78, 5) is 5.64. The van der Waals surface area contributed by atoms with E-state index in [1.807, 2.05) is 24.3 Å². The Bertz CT molecular complexity index is 961. The monoisotopic (exact) mass is 450 g/mol. The first kappa shape index (κ1) is 21.6. The van der Waals surface area contributed by atoms with E-state index in [1.54, 1.807) is 36.4 Å². The van der Waals surface area contributed by atoms with Crippen LogP contribution in [0, 0.1) is 0 Å². The molecule has 162 valence electrons. The van der Waals surface area contributed by atoms with Gasteiger partial charge in [0, 0.05) is 18.1 Å². The predicted molar refractivity (Wildman–Crippen MR) is 117 cm³/mol. The fourth-order valence-electron chi connectivity index (χ4n) is 4.22. The normalized spacial score (nSPS) is 23.5. The molecule has 4 rings (SSSR count). The number of nitrogens with one attached hydrogen (secondary N) is 1. The van der Waals surface area contributed by atoms with Crippen LogP contribution < -0.4 is 9.46 Å². The highest BCUT2D eigenvalue weighted by Gasteiger charge is 2.44. The summed E-state index contributed by atoms with van der Waals surface area (Å²) in [6.07, 6.45) is 5.12. The first-order valence-electron chi connectivity index (χ1n) is 10.3. The largest absolute Gasteiger partial charge is 0.457 e. The molecule has 0 amide bonds.